The molecule has 2 aromatic rings. The van der Waals surface area contributed by atoms with Gasteiger partial charge in [0.1, 0.15) is 11.3 Å². The summed E-state index contributed by atoms with van der Waals surface area (Å²) in [6.07, 6.45) is 1.96. The van der Waals surface area contributed by atoms with E-state index in [1.165, 1.54) is 25.3 Å². The first-order valence-corrected chi connectivity index (χ1v) is 8.50. The standard InChI is InChI=1S/C19H21FN2O4.ClH/c1-11-8-15(12-4-3-7-21-10-12)26-19(24)17(11)18(23)22-13-5-6-14(20)16(9-13)25-2;/h5-6,8-9,12,21H,3-4,7,10H2,1-2H3,(H,22,23);1H. The van der Waals surface area contributed by atoms with Crippen molar-refractivity contribution in [3.05, 3.63) is 57.4 Å². The fourth-order valence-electron chi connectivity index (χ4n) is 3.13. The Balaban J connectivity index is 0.00000261. The molecule has 1 aromatic heterocycles. The maximum absolute atomic E-state index is 13.5. The molecule has 2 N–H and O–H groups in total. The molecule has 8 heteroatoms. The smallest absolute Gasteiger partial charge is 0.349 e. The third-order valence-corrected chi connectivity index (χ3v) is 4.50. The van der Waals surface area contributed by atoms with Crippen molar-refractivity contribution in [3.63, 3.8) is 0 Å². The number of halogens is 2. The molecule has 0 spiro atoms. The second kappa shape index (κ2) is 9.01. The lowest BCUT2D eigenvalue weighted by Gasteiger charge is -2.22. The molecule has 27 heavy (non-hydrogen) atoms. The highest BCUT2D eigenvalue weighted by molar-refractivity contribution is 6.05. The minimum absolute atomic E-state index is 0. The first kappa shape index (κ1) is 20.9. The number of piperidine rings is 1. The minimum Gasteiger partial charge on any atom is -0.494 e. The molecule has 0 radical (unpaired) electrons. The van der Waals surface area contributed by atoms with Gasteiger partial charge in [-0.25, -0.2) is 9.18 Å². The van der Waals surface area contributed by atoms with Crippen molar-refractivity contribution in [1.29, 1.82) is 0 Å². The highest BCUT2D eigenvalue weighted by Crippen LogP contribution is 2.25. The van der Waals surface area contributed by atoms with Gasteiger partial charge in [-0.1, -0.05) is 0 Å². The maximum atomic E-state index is 13.5. The lowest BCUT2D eigenvalue weighted by molar-refractivity contribution is 0.102. The van der Waals surface area contributed by atoms with E-state index in [0.717, 1.165) is 25.9 Å². The van der Waals surface area contributed by atoms with Gasteiger partial charge in [-0.2, -0.15) is 0 Å². The average Bonchev–Trinajstić information content (AvgIpc) is 2.63. The van der Waals surface area contributed by atoms with Gasteiger partial charge in [-0.3, -0.25) is 4.79 Å². The van der Waals surface area contributed by atoms with E-state index >= 15 is 0 Å². The number of carbonyl (C=O) groups excluding carboxylic acids is 1. The molecule has 1 unspecified atom stereocenters. The summed E-state index contributed by atoms with van der Waals surface area (Å²) in [5, 5.41) is 5.86. The van der Waals surface area contributed by atoms with Crippen LogP contribution in [0.3, 0.4) is 0 Å². The van der Waals surface area contributed by atoms with Gasteiger partial charge >= 0.3 is 5.63 Å². The van der Waals surface area contributed by atoms with E-state index in [2.05, 4.69) is 10.6 Å². The van der Waals surface area contributed by atoms with Crippen molar-refractivity contribution in [2.75, 3.05) is 25.5 Å². The number of amides is 1. The van der Waals surface area contributed by atoms with E-state index in [-0.39, 0.29) is 29.6 Å². The number of rotatable bonds is 4. The molecule has 0 saturated carbocycles. The molecule has 1 saturated heterocycles. The summed E-state index contributed by atoms with van der Waals surface area (Å²) in [5.41, 5.74) is 0.152. The largest absolute Gasteiger partial charge is 0.494 e. The van der Waals surface area contributed by atoms with E-state index in [4.69, 9.17) is 9.15 Å². The number of ether oxygens (including phenoxy) is 1. The fourth-order valence-corrected chi connectivity index (χ4v) is 3.13. The number of carbonyl (C=O) groups is 1. The van der Waals surface area contributed by atoms with Gasteiger partial charge in [0.05, 0.1) is 7.11 Å². The van der Waals surface area contributed by atoms with Crippen LogP contribution in [0.2, 0.25) is 0 Å². The van der Waals surface area contributed by atoms with Crippen LogP contribution in [0.25, 0.3) is 0 Å². The van der Waals surface area contributed by atoms with Gasteiger partial charge < -0.3 is 19.8 Å². The third-order valence-electron chi connectivity index (χ3n) is 4.50. The van der Waals surface area contributed by atoms with Crippen molar-refractivity contribution in [2.45, 2.75) is 25.7 Å². The van der Waals surface area contributed by atoms with Crippen LogP contribution in [0.5, 0.6) is 5.75 Å². The Morgan fingerprint density at radius 3 is 2.78 bits per heavy atom. The number of hydrogen-bond acceptors (Lipinski definition) is 5. The second-order valence-corrected chi connectivity index (χ2v) is 6.34. The van der Waals surface area contributed by atoms with Crippen LogP contribution in [0, 0.1) is 12.7 Å². The highest BCUT2D eigenvalue weighted by Gasteiger charge is 2.22. The van der Waals surface area contributed by atoms with Gasteiger partial charge in [0, 0.05) is 24.2 Å². The zero-order chi connectivity index (χ0) is 18.7. The van der Waals surface area contributed by atoms with Gasteiger partial charge in [0.2, 0.25) is 0 Å². The van der Waals surface area contributed by atoms with Gasteiger partial charge in [0.15, 0.2) is 11.6 Å². The van der Waals surface area contributed by atoms with Crippen LogP contribution < -0.4 is 21.0 Å². The average molecular weight is 397 g/mol. The van der Waals surface area contributed by atoms with Crippen molar-refractivity contribution in [2.24, 2.45) is 0 Å². The van der Waals surface area contributed by atoms with Gasteiger partial charge in [-0.05, 0) is 50.1 Å². The molecule has 1 amide bonds. The zero-order valence-corrected chi connectivity index (χ0v) is 16.0. The lowest BCUT2D eigenvalue weighted by Crippen LogP contribution is -2.30. The molecule has 1 aliphatic rings. The predicted octanol–water partition coefficient (Wildman–Crippen LogP) is 3.24. The summed E-state index contributed by atoms with van der Waals surface area (Å²) < 4.78 is 23.8. The quantitative estimate of drug-likeness (QED) is 0.829. The first-order chi connectivity index (χ1) is 12.5. The Labute approximate surface area is 162 Å². The summed E-state index contributed by atoms with van der Waals surface area (Å²) in [7, 11) is 1.33. The van der Waals surface area contributed by atoms with Crippen LogP contribution in [0.15, 0.2) is 33.5 Å². The molecular formula is C19H22ClFN2O4. The topological polar surface area (TPSA) is 80.6 Å². The van der Waals surface area contributed by atoms with E-state index in [9.17, 15) is 14.0 Å². The van der Waals surface area contributed by atoms with Crippen LogP contribution in [-0.4, -0.2) is 26.1 Å². The number of aryl methyl sites for hydroxylation is 1. The molecule has 146 valence electrons. The second-order valence-electron chi connectivity index (χ2n) is 6.34. The number of methoxy groups -OCH3 is 1. The SMILES string of the molecule is COc1cc(NC(=O)c2c(C)cc(C3CCCNC3)oc2=O)ccc1F.Cl. The van der Waals surface area contributed by atoms with Crippen molar-refractivity contribution in [3.8, 4) is 5.75 Å². The monoisotopic (exact) mass is 396 g/mol. The zero-order valence-electron chi connectivity index (χ0n) is 15.1. The maximum Gasteiger partial charge on any atom is 0.349 e. The molecule has 0 aliphatic carbocycles. The molecule has 1 aliphatic heterocycles. The first-order valence-electron chi connectivity index (χ1n) is 8.50. The molecule has 1 atom stereocenters. The third kappa shape index (κ3) is 4.67. The van der Waals surface area contributed by atoms with Crippen LogP contribution in [-0.2, 0) is 0 Å². The number of anilines is 1. The van der Waals surface area contributed by atoms with Crippen LogP contribution in [0.4, 0.5) is 10.1 Å². The Hall–Kier alpha value is -2.38. The Morgan fingerprint density at radius 1 is 1.37 bits per heavy atom. The van der Waals surface area contributed by atoms with E-state index in [0.29, 0.717) is 17.0 Å². The Kier molecular flexibility index (Phi) is 6.98. The molecule has 3 rings (SSSR count). The fraction of sp³-hybridized carbons (Fsp3) is 0.368. The van der Waals surface area contributed by atoms with Crippen molar-refractivity contribution >= 4 is 24.0 Å². The molecular weight excluding hydrogens is 375 g/mol. The highest BCUT2D eigenvalue weighted by atomic mass is 35.5. The predicted molar refractivity (Wildman–Crippen MR) is 103 cm³/mol. The van der Waals surface area contributed by atoms with E-state index in [1.54, 1.807) is 13.0 Å². The van der Waals surface area contributed by atoms with Crippen LogP contribution >= 0.6 is 12.4 Å². The van der Waals surface area contributed by atoms with Gasteiger partial charge in [0.25, 0.3) is 5.91 Å². The number of nitrogens with one attached hydrogen (secondary N) is 2. The number of hydrogen-bond donors (Lipinski definition) is 2. The normalized spacial score (nSPS) is 16.3. The van der Waals surface area contributed by atoms with Gasteiger partial charge in [-0.15, -0.1) is 12.4 Å². The molecule has 0 bridgehead atoms. The van der Waals surface area contributed by atoms with Crippen molar-refractivity contribution < 1.29 is 18.3 Å². The van der Waals surface area contributed by atoms with E-state index in [1.807, 2.05) is 0 Å². The minimum atomic E-state index is -0.669. The molecule has 2 heterocycles. The number of benzene rings is 1. The summed E-state index contributed by atoms with van der Waals surface area (Å²) in [6, 6.07) is 5.68. The molecule has 6 nitrogen and oxygen atoms in total. The summed E-state index contributed by atoms with van der Waals surface area (Å²) >= 11 is 0. The summed E-state index contributed by atoms with van der Waals surface area (Å²) in [6.45, 7) is 3.42. The molecule has 1 aromatic carbocycles. The Morgan fingerprint density at radius 2 is 2.15 bits per heavy atom. The Bertz CT molecular complexity index is 878. The van der Waals surface area contributed by atoms with Crippen molar-refractivity contribution in [1.82, 2.24) is 5.32 Å². The van der Waals surface area contributed by atoms with E-state index < -0.39 is 17.3 Å². The summed E-state index contributed by atoms with van der Waals surface area (Å²) in [5.74, 6) is -0.398. The van der Waals surface area contributed by atoms with Crippen LogP contribution in [0.1, 0.15) is 40.4 Å². The summed E-state index contributed by atoms with van der Waals surface area (Å²) in [4.78, 5) is 24.9. The lowest BCUT2D eigenvalue weighted by atomic mass is 9.95. The molecule has 1 fully saturated rings.